The van der Waals surface area contributed by atoms with Gasteiger partial charge in [0.1, 0.15) is 12.4 Å². The van der Waals surface area contributed by atoms with Gasteiger partial charge in [0.15, 0.2) is 16.3 Å². The zero-order valence-corrected chi connectivity index (χ0v) is 25.0. The molecule has 7 nitrogen and oxygen atoms in total. The third-order valence-electron chi connectivity index (χ3n) is 6.76. The van der Waals surface area contributed by atoms with Crippen molar-refractivity contribution in [2.75, 3.05) is 13.7 Å². The van der Waals surface area contributed by atoms with Crippen LogP contribution in [0.2, 0.25) is 5.02 Å². The fourth-order valence-corrected chi connectivity index (χ4v) is 6.03. The molecular weight excluding hydrogens is 579 g/mol. The predicted octanol–water partition coefficient (Wildman–Crippen LogP) is 5.49. The van der Waals surface area contributed by atoms with E-state index >= 15 is 0 Å². The first-order chi connectivity index (χ1) is 20.2. The molecule has 10 heteroatoms. The van der Waals surface area contributed by atoms with Crippen molar-refractivity contribution >= 4 is 35.0 Å². The molecule has 1 aromatic heterocycles. The maximum Gasteiger partial charge on any atom is 0.338 e. The summed E-state index contributed by atoms with van der Waals surface area (Å²) in [7, 11) is 1.50. The molecule has 3 aromatic carbocycles. The Morgan fingerprint density at radius 2 is 1.83 bits per heavy atom. The molecule has 0 saturated carbocycles. The van der Waals surface area contributed by atoms with Gasteiger partial charge >= 0.3 is 5.97 Å². The largest absolute Gasteiger partial charge is 0.493 e. The Kier molecular flexibility index (Phi) is 8.61. The summed E-state index contributed by atoms with van der Waals surface area (Å²) < 4.78 is 32.0. The average molecular weight is 607 g/mol. The van der Waals surface area contributed by atoms with Crippen LogP contribution in [-0.2, 0) is 16.1 Å². The Bertz CT molecular complexity index is 1860. The SMILES string of the molecule is CCOC(=O)C1=C(C)N=c2s/c(=C/c3cc(Cl)c(OCc4ccc(F)cc4)c(OC)c3)c(=O)n2[C@@H]1c1ccc(C)cc1. The minimum absolute atomic E-state index is 0.162. The van der Waals surface area contributed by atoms with Gasteiger partial charge in [0.05, 0.1) is 40.6 Å². The average Bonchev–Trinajstić information content (AvgIpc) is 3.26. The van der Waals surface area contributed by atoms with Crippen molar-refractivity contribution in [1.29, 1.82) is 0 Å². The maximum absolute atomic E-state index is 13.9. The zero-order chi connectivity index (χ0) is 30.0. The van der Waals surface area contributed by atoms with Gasteiger partial charge in [-0.3, -0.25) is 9.36 Å². The van der Waals surface area contributed by atoms with Crippen LogP contribution in [0, 0.1) is 12.7 Å². The van der Waals surface area contributed by atoms with Gasteiger partial charge in [-0.25, -0.2) is 14.2 Å². The number of allylic oxidation sites excluding steroid dienone is 1. The van der Waals surface area contributed by atoms with Gasteiger partial charge in [-0.2, -0.15) is 0 Å². The minimum Gasteiger partial charge on any atom is -0.493 e. The Morgan fingerprint density at radius 3 is 2.50 bits per heavy atom. The molecule has 0 bridgehead atoms. The number of hydrogen-bond acceptors (Lipinski definition) is 7. The highest BCUT2D eigenvalue weighted by Crippen LogP contribution is 2.37. The Labute approximate surface area is 250 Å². The summed E-state index contributed by atoms with van der Waals surface area (Å²) in [5.41, 5.74) is 3.74. The molecule has 1 aliphatic rings. The molecule has 1 atom stereocenters. The number of nitrogens with zero attached hydrogens (tertiary/aromatic N) is 2. The van der Waals surface area contributed by atoms with E-state index in [1.54, 1.807) is 48.8 Å². The van der Waals surface area contributed by atoms with Gasteiger partial charge in [0, 0.05) is 0 Å². The van der Waals surface area contributed by atoms with Crippen molar-refractivity contribution < 1.29 is 23.4 Å². The third kappa shape index (κ3) is 5.89. The monoisotopic (exact) mass is 606 g/mol. The van der Waals surface area contributed by atoms with Crippen molar-refractivity contribution in [1.82, 2.24) is 4.57 Å². The zero-order valence-electron chi connectivity index (χ0n) is 23.4. The first-order valence-corrected chi connectivity index (χ1v) is 14.4. The molecule has 2 heterocycles. The van der Waals surface area contributed by atoms with Crippen molar-refractivity contribution in [3.8, 4) is 11.5 Å². The van der Waals surface area contributed by atoms with Crippen LogP contribution >= 0.6 is 22.9 Å². The second-order valence-corrected chi connectivity index (χ2v) is 11.1. The van der Waals surface area contributed by atoms with Crippen molar-refractivity contribution in [3.63, 3.8) is 0 Å². The molecule has 0 spiro atoms. The summed E-state index contributed by atoms with van der Waals surface area (Å²) in [4.78, 5) is 32.0. The smallest absolute Gasteiger partial charge is 0.338 e. The van der Waals surface area contributed by atoms with Gasteiger partial charge < -0.3 is 14.2 Å². The van der Waals surface area contributed by atoms with E-state index in [0.717, 1.165) is 16.7 Å². The first-order valence-electron chi connectivity index (χ1n) is 13.2. The van der Waals surface area contributed by atoms with Gasteiger partial charge in [-0.1, -0.05) is 64.9 Å². The van der Waals surface area contributed by atoms with Crippen LogP contribution in [-0.4, -0.2) is 24.3 Å². The van der Waals surface area contributed by atoms with Crippen molar-refractivity contribution in [2.24, 2.45) is 4.99 Å². The summed E-state index contributed by atoms with van der Waals surface area (Å²) >= 11 is 7.81. The number of carbonyl (C=O) groups excluding carboxylic acids is 1. The first kappa shape index (κ1) is 29.3. The van der Waals surface area contributed by atoms with Gasteiger partial charge in [-0.15, -0.1) is 0 Å². The normalized spacial score (nSPS) is 14.8. The fourth-order valence-electron chi connectivity index (χ4n) is 4.71. The van der Waals surface area contributed by atoms with Crippen LogP contribution in [0.4, 0.5) is 4.39 Å². The number of methoxy groups -OCH3 is 1. The van der Waals surface area contributed by atoms with Crippen molar-refractivity contribution in [3.05, 3.63) is 125 Å². The molecule has 0 aliphatic carbocycles. The van der Waals surface area contributed by atoms with Crippen LogP contribution in [0.1, 0.15) is 42.1 Å². The van der Waals surface area contributed by atoms with E-state index in [2.05, 4.69) is 4.99 Å². The topological polar surface area (TPSA) is 79.1 Å². The highest BCUT2D eigenvalue weighted by Gasteiger charge is 2.33. The number of hydrogen-bond donors (Lipinski definition) is 0. The number of thiazole rings is 1. The van der Waals surface area contributed by atoms with E-state index in [-0.39, 0.29) is 29.6 Å². The summed E-state index contributed by atoms with van der Waals surface area (Å²) in [6.07, 6.45) is 1.71. The second kappa shape index (κ2) is 12.3. The summed E-state index contributed by atoms with van der Waals surface area (Å²) in [6.45, 7) is 5.83. The second-order valence-electron chi connectivity index (χ2n) is 9.66. The highest BCUT2D eigenvalue weighted by molar-refractivity contribution is 7.07. The molecule has 42 heavy (non-hydrogen) atoms. The number of aromatic nitrogens is 1. The van der Waals surface area contributed by atoms with Gasteiger partial charge in [-0.05, 0) is 67.8 Å². The minimum atomic E-state index is -0.691. The number of benzene rings is 3. The fraction of sp³-hybridized carbons (Fsp3) is 0.219. The van der Waals surface area contributed by atoms with E-state index < -0.39 is 12.0 Å². The molecule has 0 radical (unpaired) electrons. The number of carbonyl (C=O) groups is 1. The molecule has 5 rings (SSSR count). The van der Waals surface area contributed by atoms with Crippen LogP contribution in [0.3, 0.4) is 0 Å². The van der Waals surface area contributed by atoms with E-state index in [1.165, 1.54) is 30.6 Å². The molecule has 0 N–H and O–H groups in total. The van der Waals surface area contributed by atoms with Gasteiger partial charge in [0.2, 0.25) is 0 Å². The lowest BCUT2D eigenvalue weighted by Gasteiger charge is -2.24. The lowest BCUT2D eigenvalue weighted by molar-refractivity contribution is -0.139. The Balaban J connectivity index is 1.56. The van der Waals surface area contributed by atoms with Crippen molar-refractivity contribution in [2.45, 2.75) is 33.4 Å². The number of esters is 1. The number of aryl methyl sites for hydroxylation is 1. The third-order valence-corrected chi connectivity index (χ3v) is 8.02. The van der Waals surface area contributed by atoms with Gasteiger partial charge in [0.25, 0.3) is 5.56 Å². The van der Waals surface area contributed by atoms with Crippen LogP contribution < -0.4 is 24.4 Å². The lowest BCUT2D eigenvalue weighted by Crippen LogP contribution is -2.39. The van der Waals surface area contributed by atoms with E-state index in [4.69, 9.17) is 25.8 Å². The molecule has 1 aliphatic heterocycles. The van der Waals surface area contributed by atoms with E-state index in [0.29, 0.717) is 37.7 Å². The Morgan fingerprint density at radius 1 is 1.12 bits per heavy atom. The molecule has 0 saturated heterocycles. The molecular formula is C32H28ClFN2O5S. The molecule has 0 amide bonds. The van der Waals surface area contributed by atoms with E-state index in [9.17, 15) is 14.0 Å². The van der Waals surface area contributed by atoms with Crippen LogP contribution in [0.15, 0.2) is 81.7 Å². The Hall–Kier alpha value is -4.21. The molecule has 0 unspecified atom stereocenters. The number of ether oxygens (including phenoxy) is 3. The van der Waals surface area contributed by atoms with Crippen LogP contribution in [0.5, 0.6) is 11.5 Å². The predicted molar refractivity (Wildman–Crippen MR) is 160 cm³/mol. The highest BCUT2D eigenvalue weighted by atomic mass is 35.5. The maximum atomic E-state index is 13.9. The lowest BCUT2D eigenvalue weighted by atomic mass is 9.95. The number of halogens is 2. The summed E-state index contributed by atoms with van der Waals surface area (Å²) in [5.74, 6) is -0.134. The molecule has 4 aromatic rings. The number of rotatable bonds is 8. The quantitative estimate of drug-likeness (QED) is 0.248. The standard InChI is InChI=1S/C32H28ClFN2O5S/c1-5-40-31(38)27-19(3)35-32-36(28(27)22-10-6-18(2)7-11-22)30(37)26(42-32)16-21-14-24(33)29(25(15-21)39-4)41-17-20-8-12-23(34)13-9-20/h6-16,28H,5,17H2,1-4H3/b26-16+/t28-/m1/s1. The number of fused-ring (bicyclic) bond motifs is 1. The summed E-state index contributed by atoms with van der Waals surface area (Å²) in [6, 6.07) is 16.4. The molecule has 0 fully saturated rings. The van der Waals surface area contributed by atoms with Crippen LogP contribution in [0.25, 0.3) is 6.08 Å². The summed E-state index contributed by atoms with van der Waals surface area (Å²) in [5, 5.41) is 0.286. The van der Waals surface area contributed by atoms with E-state index in [1.807, 2.05) is 31.2 Å². The molecule has 216 valence electrons.